The lowest BCUT2D eigenvalue weighted by molar-refractivity contribution is -0.462. The summed E-state index contributed by atoms with van der Waals surface area (Å²) in [6.07, 6.45) is -13.7. The molecule has 226 valence electrons. The lowest BCUT2D eigenvalue weighted by Crippen LogP contribution is -2.74. The number of hydrogen-bond donors (Lipinski definition) is 1. The summed E-state index contributed by atoms with van der Waals surface area (Å²) in [4.78, 5) is 0. The minimum absolute atomic E-state index is 0.108. The normalized spacial score (nSPS) is 15.8. The fourth-order valence-electron chi connectivity index (χ4n) is 3.35. The van der Waals surface area contributed by atoms with E-state index in [9.17, 15) is 79.7 Å². The Bertz CT molecular complexity index is 1170. The molecule has 0 aliphatic carbocycles. The van der Waals surface area contributed by atoms with Crippen molar-refractivity contribution in [3.05, 3.63) is 60.2 Å². The number of rotatable bonds is 10. The summed E-state index contributed by atoms with van der Waals surface area (Å²) in [6, 6.07) is 10.8. The van der Waals surface area contributed by atoms with Gasteiger partial charge in [0.25, 0.3) is 0 Å². The molecular weight excluding hydrogens is 603 g/mol. The van der Waals surface area contributed by atoms with Crippen molar-refractivity contribution in [3.63, 3.8) is 0 Å². The highest BCUT2D eigenvalue weighted by atomic mass is 19.4. The van der Waals surface area contributed by atoms with Gasteiger partial charge in [-0.25, -0.2) is 0 Å². The van der Waals surface area contributed by atoms with E-state index in [1.165, 1.54) is 36.4 Å². The van der Waals surface area contributed by atoms with E-state index in [4.69, 9.17) is 0 Å². The fourth-order valence-corrected chi connectivity index (χ4v) is 3.35. The van der Waals surface area contributed by atoms with Gasteiger partial charge in [-0.1, -0.05) is 54.6 Å². The minimum atomic E-state index is -8.69. The zero-order chi connectivity index (χ0) is 31.4. The Kier molecular flexibility index (Phi) is 8.30. The van der Waals surface area contributed by atoms with Gasteiger partial charge in [-0.15, -0.1) is 0 Å². The van der Waals surface area contributed by atoms with Crippen LogP contribution >= 0.6 is 0 Å². The number of alkyl halides is 17. The number of hydrogen-bond acceptors (Lipinski definition) is 1. The summed E-state index contributed by atoms with van der Waals surface area (Å²) in [5.41, 5.74) is -0.815. The van der Waals surface area contributed by atoms with Gasteiger partial charge < -0.3 is 5.11 Å². The van der Waals surface area contributed by atoms with Crippen LogP contribution in [0.25, 0.3) is 11.1 Å². The second-order valence-electron chi connectivity index (χ2n) is 8.32. The first-order chi connectivity index (χ1) is 17.7. The van der Waals surface area contributed by atoms with Crippen molar-refractivity contribution >= 4 is 0 Å². The smallest absolute Gasteiger partial charge is 0.388 e. The lowest BCUT2D eigenvalue weighted by atomic mass is 9.86. The van der Waals surface area contributed by atoms with Crippen LogP contribution in [0.15, 0.2) is 54.6 Å². The number of aliphatic hydroxyl groups is 1. The van der Waals surface area contributed by atoms with Crippen molar-refractivity contribution in [2.24, 2.45) is 0 Å². The molecule has 0 aliphatic heterocycles. The van der Waals surface area contributed by atoms with Gasteiger partial charge >= 0.3 is 47.6 Å². The molecule has 1 nitrogen and oxygen atoms in total. The Balaban J connectivity index is 2.54. The standard InChI is InChI=1S/C22H13F17O/c23-15(24,10-14(40)13-9-5-4-8-12(13)11-6-2-1-3-7-11)16(25,26)17(27,28)18(29,30)19(31,32)20(33,34)21(35,36)22(37,38)39/h1-9,14,40H,10H2. The Hall–Kier alpha value is -2.79. The van der Waals surface area contributed by atoms with E-state index >= 15 is 0 Å². The molecule has 0 spiro atoms. The van der Waals surface area contributed by atoms with Gasteiger partial charge in [0.1, 0.15) is 0 Å². The molecule has 40 heavy (non-hydrogen) atoms. The molecular formula is C22H13F17O. The average Bonchev–Trinajstić information content (AvgIpc) is 2.82. The van der Waals surface area contributed by atoms with Crippen molar-refractivity contribution in [2.75, 3.05) is 0 Å². The second-order valence-corrected chi connectivity index (χ2v) is 8.32. The summed E-state index contributed by atoms with van der Waals surface area (Å²) in [7, 11) is 0. The maximum Gasteiger partial charge on any atom is 0.460 e. The number of aliphatic hydroxyl groups excluding tert-OH is 1. The predicted octanol–water partition coefficient (Wildman–Crippen LogP) is 8.79. The maximum atomic E-state index is 14.3. The first-order valence-corrected chi connectivity index (χ1v) is 10.3. The third kappa shape index (κ3) is 4.85. The van der Waals surface area contributed by atoms with E-state index in [1.54, 1.807) is 0 Å². The molecule has 0 radical (unpaired) electrons. The monoisotopic (exact) mass is 616 g/mol. The highest BCUT2D eigenvalue weighted by Crippen LogP contribution is 2.64. The second kappa shape index (κ2) is 9.94. The molecule has 0 aliphatic rings. The van der Waals surface area contributed by atoms with Gasteiger partial charge in [-0.2, -0.15) is 74.6 Å². The van der Waals surface area contributed by atoms with Gasteiger partial charge in [0.2, 0.25) is 0 Å². The Morgan fingerprint density at radius 1 is 0.475 bits per heavy atom. The summed E-state index contributed by atoms with van der Waals surface area (Å²) < 4.78 is 229. The fraction of sp³-hybridized carbons (Fsp3) is 0.455. The third-order valence-electron chi connectivity index (χ3n) is 5.64. The van der Waals surface area contributed by atoms with Crippen molar-refractivity contribution in [2.45, 2.75) is 60.2 Å². The highest BCUT2D eigenvalue weighted by Gasteiger charge is 2.95. The van der Waals surface area contributed by atoms with Crippen LogP contribution in [-0.4, -0.2) is 52.7 Å². The van der Waals surface area contributed by atoms with Crippen LogP contribution in [0.5, 0.6) is 0 Å². The Morgan fingerprint density at radius 2 is 0.850 bits per heavy atom. The number of halogens is 17. The third-order valence-corrected chi connectivity index (χ3v) is 5.64. The van der Waals surface area contributed by atoms with Gasteiger partial charge in [-0.3, -0.25) is 0 Å². The van der Waals surface area contributed by atoms with Gasteiger partial charge in [0, 0.05) is 6.42 Å². The van der Waals surface area contributed by atoms with Crippen molar-refractivity contribution in [1.29, 1.82) is 0 Å². The van der Waals surface area contributed by atoms with Gasteiger partial charge in [0.05, 0.1) is 6.10 Å². The van der Waals surface area contributed by atoms with Crippen LogP contribution in [0.3, 0.4) is 0 Å². The molecule has 0 bridgehead atoms. The SMILES string of the molecule is OC(CC(F)(F)C(F)(F)C(F)(F)C(F)(F)C(F)(F)C(F)(F)C(F)(F)C(F)(F)F)c1ccccc1-c1ccccc1. The predicted molar refractivity (Wildman–Crippen MR) is 102 cm³/mol. The summed E-state index contributed by atoms with van der Waals surface area (Å²) in [5.74, 6) is -57.1. The van der Waals surface area contributed by atoms with Crippen LogP contribution < -0.4 is 0 Å². The molecule has 0 aromatic heterocycles. The quantitative estimate of drug-likeness (QED) is 0.265. The number of benzene rings is 2. The van der Waals surface area contributed by atoms with Crippen molar-refractivity contribution in [3.8, 4) is 11.1 Å². The maximum absolute atomic E-state index is 14.3. The average molecular weight is 616 g/mol. The molecule has 0 fully saturated rings. The molecule has 2 aromatic carbocycles. The van der Waals surface area contributed by atoms with Crippen LogP contribution in [0, 0.1) is 0 Å². The lowest BCUT2D eigenvalue weighted by Gasteiger charge is -2.43. The first kappa shape index (κ1) is 33.4. The van der Waals surface area contributed by atoms with Crippen LogP contribution in [-0.2, 0) is 0 Å². The van der Waals surface area contributed by atoms with E-state index in [-0.39, 0.29) is 11.1 Å². The largest absolute Gasteiger partial charge is 0.460 e. The topological polar surface area (TPSA) is 20.2 Å². The molecule has 2 aromatic rings. The molecule has 18 heteroatoms. The van der Waals surface area contributed by atoms with Crippen molar-refractivity contribution < 1.29 is 79.7 Å². The zero-order valence-corrected chi connectivity index (χ0v) is 18.9. The minimum Gasteiger partial charge on any atom is -0.388 e. The van der Waals surface area contributed by atoms with Gasteiger partial charge in [0.15, 0.2) is 0 Å². The van der Waals surface area contributed by atoms with Crippen LogP contribution in [0.4, 0.5) is 74.6 Å². The van der Waals surface area contributed by atoms with Gasteiger partial charge in [-0.05, 0) is 16.7 Å². The van der Waals surface area contributed by atoms with E-state index in [1.807, 2.05) is 0 Å². The molecule has 0 saturated heterocycles. The van der Waals surface area contributed by atoms with E-state index in [0.29, 0.717) is 0 Å². The van der Waals surface area contributed by atoms with E-state index < -0.39 is 65.7 Å². The molecule has 1 unspecified atom stereocenters. The summed E-state index contributed by atoms with van der Waals surface area (Å²) >= 11 is 0. The Labute approximate surface area is 212 Å². The Morgan fingerprint density at radius 3 is 1.30 bits per heavy atom. The molecule has 0 amide bonds. The summed E-state index contributed by atoms with van der Waals surface area (Å²) in [5, 5.41) is 10.1. The molecule has 0 saturated carbocycles. The first-order valence-electron chi connectivity index (χ1n) is 10.3. The highest BCUT2D eigenvalue weighted by molar-refractivity contribution is 5.67. The molecule has 0 heterocycles. The van der Waals surface area contributed by atoms with Crippen LogP contribution in [0.1, 0.15) is 18.1 Å². The summed E-state index contributed by atoms with van der Waals surface area (Å²) in [6.45, 7) is 0. The van der Waals surface area contributed by atoms with Crippen molar-refractivity contribution in [1.82, 2.24) is 0 Å². The van der Waals surface area contributed by atoms with E-state index in [0.717, 1.165) is 18.2 Å². The van der Waals surface area contributed by atoms with Crippen LogP contribution in [0.2, 0.25) is 0 Å². The molecule has 2 rings (SSSR count). The van der Waals surface area contributed by atoms with E-state index in [2.05, 4.69) is 0 Å². The molecule has 1 N–H and O–H groups in total. The zero-order valence-electron chi connectivity index (χ0n) is 18.9. The molecule has 1 atom stereocenters.